The molecule has 1 aliphatic heterocycles. The van der Waals surface area contributed by atoms with Gasteiger partial charge in [-0.3, -0.25) is 4.79 Å². The zero-order chi connectivity index (χ0) is 13.0. The average Bonchev–Trinajstić information content (AvgIpc) is 2.29. The molecule has 5 atom stereocenters. The number of hydrogen-bond acceptors (Lipinski definition) is 6. The molecule has 0 aromatic rings. The SMILES string of the molecule is C[C@@H]1[C@@H](O)[C@@H](O)[C@@H](CO)O[C@H]1SCCC(=O)O. The van der Waals surface area contributed by atoms with Crippen molar-refractivity contribution in [2.24, 2.45) is 5.92 Å². The quantitative estimate of drug-likeness (QED) is 0.519. The Balaban J connectivity index is 2.50. The molecule has 0 unspecified atom stereocenters. The molecule has 100 valence electrons. The summed E-state index contributed by atoms with van der Waals surface area (Å²) in [5, 5.41) is 36.9. The first kappa shape index (κ1) is 14.7. The molecule has 17 heavy (non-hydrogen) atoms. The molecule has 0 bridgehead atoms. The summed E-state index contributed by atoms with van der Waals surface area (Å²) >= 11 is 1.27. The lowest BCUT2D eigenvalue weighted by molar-refractivity contribution is -0.181. The van der Waals surface area contributed by atoms with Crippen LogP contribution in [0, 0.1) is 5.92 Å². The summed E-state index contributed by atoms with van der Waals surface area (Å²) in [6, 6.07) is 0. The Labute approximate surface area is 104 Å². The Morgan fingerprint density at radius 1 is 1.35 bits per heavy atom. The third kappa shape index (κ3) is 3.82. The topological polar surface area (TPSA) is 107 Å². The van der Waals surface area contributed by atoms with Crippen LogP contribution >= 0.6 is 11.8 Å². The van der Waals surface area contributed by atoms with Crippen LogP contribution in [0.5, 0.6) is 0 Å². The number of carboxylic acid groups (broad SMARTS) is 1. The van der Waals surface area contributed by atoms with Crippen molar-refractivity contribution in [1.29, 1.82) is 0 Å². The lowest BCUT2D eigenvalue weighted by atomic mass is 9.94. The lowest BCUT2D eigenvalue weighted by Crippen LogP contribution is -2.53. The molecule has 0 amide bonds. The summed E-state index contributed by atoms with van der Waals surface area (Å²) in [6.45, 7) is 1.35. The highest BCUT2D eigenvalue weighted by atomic mass is 32.2. The van der Waals surface area contributed by atoms with E-state index in [2.05, 4.69) is 0 Å². The van der Waals surface area contributed by atoms with Gasteiger partial charge in [0.15, 0.2) is 0 Å². The Kier molecular flexibility index (Phi) is 5.68. The highest BCUT2D eigenvalue weighted by Gasteiger charge is 2.41. The zero-order valence-corrected chi connectivity index (χ0v) is 10.3. The van der Waals surface area contributed by atoms with Crippen molar-refractivity contribution in [3.63, 3.8) is 0 Å². The van der Waals surface area contributed by atoms with Crippen molar-refractivity contribution in [2.45, 2.75) is 37.1 Å². The highest BCUT2D eigenvalue weighted by Crippen LogP contribution is 2.32. The van der Waals surface area contributed by atoms with E-state index >= 15 is 0 Å². The Bertz CT molecular complexity index is 259. The number of thioether (sulfide) groups is 1. The fourth-order valence-corrected chi connectivity index (χ4v) is 2.88. The van der Waals surface area contributed by atoms with E-state index in [1.54, 1.807) is 6.92 Å². The van der Waals surface area contributed by atoms with Gasteiger partial charge in [0.25, 0.3) is 0 Å². The molecular weight excluding hydrogens is 248 g/mol. The van der Waals surface area contributed by atoms with Crippen molar-refractivity contribution in [3.05, 3.63) is 0 Å². The van der Waals surface area contributed by atoms with E-state index in [1.165, 1.54) is 11.8 Å². The van der Waals surface area contributed by atoms with E-state index in [0.29, 0.717) is 5.75 Å². The predicted molar refractivity (Wildman–Crippen MR) is 61.6 cm³/mol. The first-order valence-electron chi connectivity index (χ1n) is 5.43. The van der Waals surface area contributed by atoms with Crippen LogP contribution in [0.15, 0.2) is 0 Å². The maximum Gasteiger partial charge on any atom is 0.304 e. The van der Waals surface area contributed by atoms with Crippen LogP contribution in [-0.2, 0) is 9.53 Å². The standard InChI is InChI=1S/C10H18O6S/c1-5-8(14)9(15)6(4-11)16-10(5)17-3-2-7(12)13/h5-6,8-11,14-15H,2-4H2,1H3,(H,12,13)/t5-,6-,8-,9+,10+/m1/s1. The summed E-state index contributed by atoms with van der Waals surface area (Å²) < 4.78 is 5.42. The number of carboxylic acids is 1. The van der Waals surface area contributed by atoms with Crippen molar-refractivity contribution in [3.8, 4) is 0 Å². The predicted octanol–water partition coefficient (Wildman–Crippen LogP) is -0.731. The van der Waals surface area contributed by atoms with Crippen LogP contribution in [0.4, 0.5) is 0 Å². The van der Waals surface area contributed by atoms with Crippen LogP contribution in [0.3, 0.4) is 0 Å². The maximum atomic E-state index is 10.4. The number of hydrogen-bond donors (Lipinski definition) is 4. The second-order valence-corrected chi connectivity index (χ2v) is 5.29. The maximum absolute atomic E-state index is 10.4. The van der Waals surface area contributed by atoms with Gasteiger partial charge in [-0.25, -0.2) is 0 Å². The third-order valence-corrected chi connectivity index (χ3v) is 4.09. The highest BCUT2D eigenvalue weighted by molar-refractivity contribution is 7.99. The number of aliphatic carboxylic acids is 1. The zero-order valence-electron chi connectivity index (χ0n) is 9.52. The van der Waals surface area contributed by atoms with Crippen molar-refractivity contribution >= 4 is 17.7 Å². The molecule has 4 N–H and O–H groups in total. The average molecular weight is 266 g/mol. The molecule has 7 heteroatoms. The minimum absolute atomic E-state index is 0.0136. The van der Waals surface area contributed by atoms with Gasteiger partial charge in [-0.2, -0.15) is 0 Å². The molecule has 0 radical (unpaired) electrons. The normalized spacial score (nSPS) is 38.0. The second-order valence-electron chi connectivity index (χ2n) is 4.08. The summed E-state index contributed by atoms with van der Waals surface area (Å²) in [5.74, 6) is -0.836. The largest absolute Gasteiger partial charge is 0.481 e. The third-order valence-electron chi connectivity index (χ3n) is 2.79. The summed E-state index contributed by atoms with van der Waals surface area (Å²) in [7, 11) is 0. The summed E-state index contributed by atoms with van der Waals surface area (Å²) in [4.78, 5) is 10.4. The van der Waals surface area contributed by atoms with Crippen molar-refractivity contribution in [1.82, 2.24) is 0 Å². The molecule has 0 aliphatic carbocycles. The van der Waals surface area contributed by atoms with Gasteiger partial charge in [-0.15, -0.1) is 11.8 Å². The monoisotopic (exact) mass is 266 g/mol. The smallest absolute Gasteiger partial charge is 0.304 e. The van der Waals surface area contributed by atoms with Crippen LogP contribution < -0.4 is 0 Å². The van der Waals surface area contributed by atoms with Gasteiger partial charge in [0, 0.05) is 11.7 Å². The Hall–Kier alpha value is -0.340. The molecule has 0 aromatic heterocycles. The molecular formula is C10H18O6S. The van der Waals surface area contributed by atoms with Crippen LogP contribution in [-0.4, -0.2) is 62.5 Å². The van der Waals surface area contributed by atoms with Crippen LogP contribution in [0.1, 0.15) is 13.3 Å². The molecule has 1 heterocycles. The molecule has 6 nitrogen and oxygen atoms in total. The van der Waals surface area contributed by atoms with Gasteiger partial charge in [0.05, 0.1) is 19.1 Å². The fraction of sp³-hybridized carbons (Fsp3) is 0.900. The van der Waals surface area contributed by atoms with Gasteiger partial charge in [-0.1, -0.05) is 6.92 Å². The van der Waals surface area contributed by atoms with Crippen LogP contribution in [0.25, 0.3) is 0 Å². The van der Waals surface area contributed by atoms with E-state index in [0.717, 1.165) is 0 Å². The molecule has 0 saturated carbocycles. The van der Waals surface area contributed by atoms with Gasteiger partial charge in [0.1, 0.15) is 17.6 Å². The van der Waals surface area contributed by atoms with E-state index in [1.807, 2.05) is 0 Å². The van der Waals surface area contributed by atoms with Gasteiger partial charge in [0.2, 0.25) is 0 Å². The van der Waals surface area contributed by atoms with Crippen molar-refractivity contribution in [2.75, 3.05) is 12.4 Å². The molecule has 1 saturated heterocycles. The number of carbonyl (C=O) groups is 1. The first-order chi connectivity index (χ1) is 7.97. The van der Waals surface area contributed by atoms with E-state index in [4.69, 9.17) is 14.9 Å². The lowest BCUT2D eigenvalue weighted by Gasteiger charge is -2.40. The van der Waals surface area contributed by atoms with Crippen LogP contribution in [0.2, 0.25) is 0 Å². The van der Waals surface area contributed by atoms with Gasteiger partial charge in [-0.05, 0) is 0 Å². The minimum atomic E-state index is -1.11. The Morgan fingerprint density at radius 2 is 2.00 bits per heavy atom. The van der Waals surface area contributed by atoms with E-state index in [9.17, 15) is 15.0 Å². The minimum Gasteiger partial charge on any atom is -0.481 e. The molecule has 0 spiro atoms. The van der Waals surface area contributed by atoms with E-state index in [-0.39, 0.29) is 18.9 Å². The number of ether oxygens (including phenoxy) is 1. The first-order valence-corrected chi connectivity index (χ1v) is 6.48. The number of aliphatic hydroxyl groups excluding tert-OH is 3. The molecule has 1 aliphatic rings. The fourth-order valence-electron chi connectivity index (χ4n) is 1.67. The molecule has 1 fully saturated rings. The molecule has 1 rings (SSSR count). The second kappa shape index (κ2) is 6.55. The molecule has 0 aromatic carbocycles. The van der Waals surface area contributed by atoms with Gasteiger partial charge < -0.3 is 25.2 Å². The Morgan fingerprint density at radius 3 is 2.53 bits per heavy atom. The van der Waals surface area contributed by atoms with Gasteiger partial charge >= 0.3 is 5.97 Å². The number of aliphatic hydroxyl groups is 3. The summed E-state index contributed by atoms with van der Waals surface area (Å²) in [6.07, 6.45) is -2.88. The van der Waals surface area contributed by atoms with E-state index < -0.39 is 29.7 Å². The van der Waals surface area contributed by atoms with Crippen molar-refractivity contribution < 1.29 is 30.0 Å². The number of rotatable bonds is 5. The summed E-state index contributed by atoms with van der Waals surface area (Å²) in [5.41, 5.74) is -0.412.